The van der Waals surface area contributed by atoms with Crippen molar-refractivity contribution in [2.24, 2.45) is 0 Å². The van der Waals surface area contributed by atoms with E-state index in [0.717, 1.165) is 31.2 Å². The molecule has 2 N–H and O–H groups in total. The van der Waals surface area contributed by atoms with E-state index in [4.69, 9.17) is 17.3 Å². The predicted molar refractivity (Wildman–Crippen MR) is 86.9 cm³/mol. The molecule has 0 atom stereocenters. The fourth-order valence-electron chi connectivity index (χ4n) is 2.76. The van der Waals surface area contributed by atoms with Crippen LogP contribution >= 0.6 is 11.6 Å². The van der Waals surface area contributed by atoms with Crippen LogP contribution < -0.4 is 5.73 Å². The van der Waals surface area contributed by atoms with Crippen molar-refractivity contribution in [3.63, 3.8) is 0 Å². The highest BCUT2D eigenvalue weighted by Crippen LogP contribution is 2.33. The number of sulfonamides is 1. The second kappa shape index (κ2) is 6.38. The zero-order valence-corrected chi connectivity index (χ0v) is 13.8. The van der Waals surface area contributed by atoms with E-state index in [2.05, 4.69) is 6.58 Å². The minimum Gasteiger partial charge on any atom is -0.398 e. The summed E-state index contributed by atoms with van der Waals surface area (Å²) in [6, 6.07) is 3.08. The summed E-state index contributed by atoms with van der Waals surface area (Å²) >= 11 is 6.15. The zero-order valence-electron chi connectivity index (χ0n) is 12.2. The van der Waals surface area contributed by atoms with Crippen LogP contribution in [0.15, 0.2) is 29.7 Å². The molecule has 1 aromatic carbocycles. The first kappa shape index (κ1) is 16.3. The lowest BCUT2D eigenvalue weighted by Crippen LogP contribution is -2.39. The van der Waals surface area contributed by atoms with Gasteiger partial charge in [0.25, 0.3) is 0 Å². The van der Waals surface area contributed by atoms with Gasteiger partial charge in [-0.3, -0.25) is 0 Å². The quantitative estimate of drug-likeness (QED) is 0.666. The van der Waals surface area contributed by atoms with Crippen LogP contribution in [0.2, 0.25) is 5.02 Å². The van der Waals surface area contributed by atoms with Crippen molar-refractivity contribution in [2.45, 2.75) is 43.5 Å². The summed E-state index contributed by atoms with van der Waals surface area (Å²) in [6.07, 6.45) is 5.48. The summed E-state index contributed by atoms with van der Waals surface area (Å²) in [6.45, 7) is 5.76. The normalized spacial score (nSPS) is 16.5. The number of halogens is 1. The Hall–Kier alpha value is -1.04. The van der Waals surface area contributed by atoms with Crippen LogP contribution in [0.4, 0.5) is 5.69 Å². The highest BCUT2D eigenvalue weighted by atomic mass is 35.5. The third kappa shape index (κ3) is 3.25. The van der Waals surface area contributed by atoms with E-state index in [1.807, 2.05) is 0 Å². The molecular weight excluding hydrogens is 308 g/mol. The molecule has 0 radical (unpaired) electrons. The van der Waals surface area contributed by atoms with Gasteiger partial charge in [-0.25, -0.2) is 8.42 Å². The molecule has 1 saturated carbocycles. The van der Waals surface area contributed by atoms with E-state index in [1.165, 1.54) is 10.4 Å². The van der Waals surface area contributed by atoms with Crippen molar-refractivity contribution < 1.29 is 8.42 Å². The van der Waals surface area contributed by atoms with Gasteiger partial charge in [0.05, 0.1) is 5.02 Å². The first-order chi connectivity index (χ1) is 9.87. The van der Waals surface area contributed by atoms with E-state index in [-0.39, 0.29) is 22.5 Å². The van der Waals surface area contributed by atoms with Gasteiger partial charge in [0.2, 0.25) is 10.0 Å². The summed E-state index contributed by atoms with van der Waals surface area (Å²) < 4.78 is 27.4. The average molecular weight is 329 g/mol. The summed E-state index contributed by atoms with van der Waals surface area (Å²) in [5.41, 5.74) is 7.06. The van der Waals surface area contributed by atoms with Gasteiger partial charge in [-0.2, -0.15) is 4.31 Å². The molecule has 0 aromatic heterocycles. The lowest BCUT2D eigenvalue weighted by Gasteiger charge is -2.27. The second-order valence-electron chi connectivity index (χ2n) is 5.44. The Balaban J connectivity index is 2.47. The molecule has 0 bridgehead atoms. The number of hydrogen-bond acceptors (Lipinski definition) is 3. The van der Waals surface area contributed by atoms with Gasteiger partial charge < -0.3 is 5.73 Å². The maximum atomic E-state index is 12.9. The van der Waals surface area contributed by atoms with Crippen LogP contribution in [0.1, 0.15) is 31.2 Å². The van der Waals surface area contributed by atoms with Crippen molar-refractivity contribution in [1.29, 1.82) is 0 Å². The maximum Gasteiger partial charge on any atom is 0.245 e. The van der Waals surface area contributed by atoms with Gasteiger partial charge >= 0.3 is 0 Å². The van der Waals surface area contributed by atoms with Gasteiger partial charge in [0.15, 0.2) is 0 Å². The zero-order chi connectivity index (χ0) is 15.6. The van der Waals surface area contributed by atoms with E-state index in [1.54, 1.807) is 19.1 Å². The SMILES string of the molecule is C=CCN(C1CCCC1)S(=O)(=O)c1cc(N)c(C)cc1Cl. The number of anilines is 1. The first-order valence-electron chi connectivity index (χ1n) is 7.06. The van der Waals surface area contributed by atoms with Crippen LogP contribution in [0.25, 0.3) is 0 Å². The number of aryl methyl sites for hydroxylation is 1. The third-order valence-corrected chi connectivity index (χ3v) is 6.33. The highest BCUT2D eigenvalue weighted by Gasteiger charge is 2.33. The highest BCUT2D eigenvalue weighted by molar-refractivity contribution is 7.89. The Morgan fingerprint density at radius 3 is 2.62 bits per heavy atom. The number of nitrogens with zero attached hydrogens (tertiary/aromatic N) is 1. The molecule has 0 saturated heterocycles. The van der Waals surface area contributed by atoms with Crippen molar-refractivity contribution in [3.8, 4) is 0 Å². The molecule has 1 aliphatic carbocycles. The van der Waals surface area contributed by atoms with Crippen LogP contribution in [-0.2, 0) is 10.0 Å². The molecule has 0 aliphatic heterocycles. The Kier molecular flexibility index (Phi) is 4.96. The number of nitrogens with two attached hydrogens (primary N) is 1. The van der Waals surface area contributed by atoms with Crippen molar-refractivity contribution in [2.75, 3.05) is 12.3 Å². The second-order valence-corrected chi connectivity index (χ2v) is 7.71. The molecule has 4 nitrogen and oxygen atoms in total. The van der Waals surface area contributed by atoms with Crippen molar-refractivity contribution in [1.82, 2.24) is 4.31 Å². The van der Waals surface area contributed by atoms with E-state index < -0.39 is 10.0 Å². The maximum absolute atomic E-state index is 12.9. The lowest BCUT2D eigenvalue weighted by atomic mass is 10.2. The molecule has 6 heteroatoms. The monoisotopic (exact) mass is 328 g/mol. The third-order valence-electron chi connectivity index (χ3n) is 3.95. The molecule has 2 rings (SSSR count). The van der Waals surface area contributed by atoms with Crippen LogP contribution in [-0.4, -0.2) is 25.3 Å². The molecular formula is C15H21ClN2O2S. The smallest absolute Gasteiger partial charge is 0.245 e. The van der Waals surface area contributed by atoms with E-state index in [0.29, 0.717) is 5.69 Å². The molecule has 21 heavy (non-hydrogen) atoms. The average Bonchev–Trinajstić information content (AvgIpc) is 2.93. The predicted octanol–water partition coefficient (Wildman–Crippen LogP) is 3.35. The number of nitrogen functional groups attached to an aromatic ring is 1. The fraction of sp³-hybridized carbons (Fsp3) is 0.467. The van der Waals surface area contributed by atoms with Crippen LogP contribution in [0.5, 0.6) is 0 Å². The van der Waals surface area contributed by atoms with Crippen molar-refractivity contribution >= 4 is 27.3 Å². The molecule has 1 fully saturated rings. The van der Waals surface area contributed by atoms with Gasteiger partial charge in [0, 0.05) is 18.3 Å². The van der Waals surface area contributed by atoms with Gasteiger partial charge in [-0.05, 0) is 37.5 Å². The Morgan fingerprint density at radius 2 is 2.05 bits per heavy atom. The van der Waals surface area contributed by atoms with E-state index >= 15 is 0 Å². The standard InChI is InChI=1S/C15H21ClN2O2S/c1-3-8-18(12-6-4-5-7-12)21(19,20)15-10-14(17)11(2)9-13(15)16/h3,9-10,12H,1,4-8,17H2,2H3. The number of benzene rings is 1. The molecule has 116 valence electrons. The topological polar surface area (TPSA) is 63.4 Å². The van der Waals surface area contributed by atoms with Crippen LogP contribution in [0.3, 0.4) is 0 Å². The Labute approximate surface area is 131 Å². The lowest BCUT2D eigenvalue weighted by molar-refractivity contribution is 0.347. The summed E-state index contributed by atoms with van der Waals surface area (Å²) in [5.74, 6) is 0. The summed E-state index contributed by atoms with van der Waals surface area (Å²) in [4.78, 5) is 0.0843. The largest absolute Gasteiger partial charge is 0.398 e. The molecule has 1 aliphatic rings. The molecule has 0 heterocycles. The van der Waals surface area contributed by atoms with E-state index in [9.17, 15) is 8.42 Å². The van der Waals surface area contributed by atoms with Crippen molar-refractivity contribution in [3.05, 3.63) is 35.4 Å². The minimum absolute atomic E-state index is 0.0200. The first-order valence-corrected chi connectivity index (χ1v) is 8.88. The number of hydrogen-bond donors (Lipinski definition) is 1. The Bertz CT molecular complexity index is 637. The minimum atomic E-state index is -3.67. The fourth-order valence-corrected chi connectivity index (χ4v) is 5.01. The molecule has 0 unspecified atom stereocenters. The number of rotatable bonds is 5. The van der Waals surface area contributed by atoms with Gasteiger partial charge in [-0.15, -0.1) is 6.58 Å². The van der Waals surface area contributed by atoms with Gasteiger partial charge in [-0.1, -0.05) is 30.5 Å². The molecule has 0 spiro atoms. The van der Waals surface area contributed by atoms with Gasteiger partial charge in [0.1, 0.15) is 4.90 Å². The molecule has 1 aromatic rings. The Morgan fingerprint density at radius 1 is 1.43 bits per heavy atom. The molecule has 0 amide bonds. The van der Waals surface area contributed by atoms with Crippen LogP contribution in [0, 0.1) is 6.92 Å². The summed E-state index contributed by atoms with van der Waals surface area (Å²) in [7, 11) is -3.67. The summed E-state index contributed by atoms with van der Waals surface area (Å²) in [5, 5.41) is 0.216.